The normalized spacial score (nSPS) is 10.4. The third-order valence-corrected chi connectivity index (χ3v) is 3.48. The van der Waals surface area contributed by atoms with Crippen molar-refractivity contribution in [1.82, 2.24) is 5.16 Å². The second-order valence-electron chi connectivity index (χ2n) is 3.89. The van der Waals surface area contributed by atoms with Crippen molar-refractivity contribution in [2.45, 2.75) is 6.42 Å². The van der Waals surface area contributed by atoms with Crippen LogP contribution in [0, 0.1) is 0 Å². The molecule has 0 aliphatic carbocycles. The number of carbonyl (C=O) groups excluding carboxylic acids is 1. The third-order valence-electron chi connectivity index (χ3n) is 2.58. The van der Waals surface area contributed by atoms with Gasteiger partial charge in [0.05, 0.1) is 0 Å². The van der Waals surface area contributed by atoms with Gasteiger partial charge in [-0.15, -0.1) is 0 Å². The molecule has 3 rings (SSSR count). The SMILES string of the molecule is O=C(Cc1ccc2sccc2c1)Nc1bcno1. The summed E-state index contributed by atoms with van der Waals surface area (Å²) in [6.45, 7) is 1.61. The van der Waals surface area contributed by atoms with Gasteiger partial charge in [0.15, 0.2) is 0 Å². The van der Waals surface area contributed by atoms with Crippen molar-refractivity contribution < 1.29 is 9.32 Å². The molecule has 6 heteroatoms. The van der Waals surface area contributed by atoms with Gasteiger partial charge in [-0.25, -0.2) is 0 Å². The van der Waals surface area contributed by atoms with Gasteiger partial charge in [-0.3, -0.25) is 0 Å². The van der Waals surface area contributed by atoms with Crippen molar-refractivity contribution in [3.8, 4) is 0 Å². The molecular formula is C12H9BN2O2S. The van der Waals surface area contributed by atoms with Crippen molar-refractivity contribution in [3.63, 3.8) is 0 Å². The topological polar surface area (TPSA) is 55.1 Å². The van der Waals surface area contributed by atoms with Crippen LogP contribution in [0.3, 0.4) is 0 Å². The maximum atomic E-state index is 11.8. The van der Waals surface area contributed by atoms with Gasteiger partial charge in [-0.05, 0) is 0 Å². The van der Waals surface area contributed by atoms with Gasteiger partial charge in [0.1, 0.15) is 0 Å². The van der Waals surface area contributed by atoms with Crippen LogP contribution in [-0.2, 0) is 11.2 Å². The van der Waals surface area contributed by atoms with E-state index in [1.54, 1.807) is 18.2 Å². The Morgan fingerprint density at radius 3 is 3.22 bits per heavy atom. The van der Waals surface area contributed by atoms with Crippen molar-refractivity contribution in [2.24, 2.45) is 0 Å². The van der Waals surface area contributed by atoms with Crippen LogP contribution in [0.25, 0.3) is 10.1 Å². The zero-order valence-electron chi connectivity index (χ0n) is 9.42. The van der Waals surface area contributed by atoms with E-state index in [0.29, 0.717) is 12.2 Å². The van der Waals surface area contributed by atoms with Crippen LogP contribution >= 0.6 is 11.3 Å². The molecule has 2 aromatic heterocycles. The third kappa shape index (κ3) is 2.33. The number of hydrogen-bond donors (Lipinski definition) is 1. The first-order valence-corrected chi connectivity index (χ1v) is 6.36. The van der Waals surface area contributed by atoms with Gasteiger partial charge in [0, 0.05) is 0 Å². The Bertz CT molecular complexity index is 678. The molecule has 18 heavy (non-hydrogen) atoms. The molecule has 0 saturated carbocycles. The van der Waals surface area contributed by atoms with E-state index in [4.69, 9.17) is 4.52 Å². The zero-order valence-corrected chi connectivity index (χ0v) is 10.2. The molecule has 0 atom stereocenters. The van der Waals surface area contributed by atoms with Gasteiger partial charge in [-0.2, -0.15) is 0 Å². The number of amides is 1. The molecule has 0 bridgehead atoms. The summed E-state index contributed by atoms with van der Waals surface area (Å²) in [5.74, 6) is 0.262. The van der Waals surface area contributed by atoms with Crippen LogP contribution in [0.4, 0.5) is 5.78 Å². The molecule has 0 radical (unpaired) electrons. The van der Waals surface area contributed by atoms with Gasteiger partial charge >= 0.3 is 108 Å². The second kappa shape index (κ2) is 4.74. The van der Waals surface area contributed by atoms with Gasteiger partial charge in [0.2, 0.25) is 0 Å². The number of thiophene rings is 1. The van der Waals surface area contributed by atoms with E-state index in [1.165, 1.54) is 16.2 Å². The molecule has 0 aliphatic rings. The fraction of sp³-hybridized carbons (Fsp3) is 0.0833. The van der Waals surface area contributed by atoms with Crippen molar-refractivity contribution >= 4 is 40.0 Å². The molecule has 0 spiro atoms. The molecule has 1 aromatic carbocycles. The first-order chi connectivity index (χ1) is 8.81. The second-order valence-corrected chi connectivity index (χ2v) is 4.84. The number of anilines is 1. The van der Waals surface area contributed by atoms with Crippen LogP contribution in [0.5, 0.6) is 0 Å². The van der Waals surface area contributed by atoms with Gasteiger partial charge < -0.3 is 0 Å². The predicted octanol–water partition coefficient (Wildman–Crippen LogP) is 2.41. The summed E-state index contributed by atoms with van der Waals surface area (Å²) in [5.41, 5.74) is 0.984. The maximum absolute atomic E-state index is 11.8. The average molecular weight is 256 g/mol. The number of rotatable bonds is 3. The number of aromatic nitrogens is 1. The minimum atomic E-state index is -0.110. The van der Waals surface area contributed by atoms with E-state index >= 15 is 0 Å². The van der Waals surface area contributed by atoms with Crippen molar-refractivity contribution in [3.05, 3.63) is 41.3 Å². The van der Waals surface area contributed by atoms with E-state index < -0.39 is 0 Å². The van der Waals surface area contributed by atoms with Crippen LogP contribution < -0.4 is 5.32 Å². The number of carbonyl (C=O) groups is 1. The van der Waals surface area contributed by atoms with E-state index in [9.17, 15) is 4.79 Å². The average Bonchev–Trinajstić information content (AvgIpc) is 2.98. The van der Waals surface area contributed by atoms with E-state index in [2.05, 4.69) is 16.5 Å². The summed E-state index contributed by atoms with van der Waals surface area (Å²) in [6.07, 6.45) is 1.82. The summed E-state index contributed by atoms with van der Waals surface area (Å²) in [6, 6.07) is 8.10. The standard InChI is InChI=1S/C12H9BN2O2S/c16-11(15-12-13-7-14-17-12)6-8-1-2-10-9(5-8)3-4-18-10/h1-5,7H,6H2,(H,15,16). The van der Waals surface area contributed by atoms with E-state index in [1.807, 2.05) is 23.6 Å². The van der Waals surface area contributed by atoms with Crippen LogP contribution in [0.1, 0.15) is 5.56 Å². The Morgan fingerprint density at radius 1 is 1.44 bits per heavy atom. The Hall–Kier alpha value is -1.95. The molecule has 3 aromatic rings. The number of nitrogens with zero attached hydrogens (tertiary/aromatic N) is 1. The molecule has 0 unspecified atom stereocenters. The summed E-state index contributed by atoms with van der Waals surface area (Å²) in [7, 11) is 0. The molecule has 2 heterocycles. The van der Waals surface area contributed by atoms with E-state index in [-0.39, 0.29) is 5.91 Å². The summed E-state index contributed by atoms with van der Waals surface area (Å²) in [5, 5.41) is 9.39. The molecule has 0 saturated heterocycles. The number of hydrogen-bond acceptors (Lipinski definition) is 4. The Labute approximate surface area is 108 Å². The molecule has 1 amide bonds. The van der Waals surface area contributed by atoms with Gasteiger partial charge in [-0.1, -0.05) is 0 Å². The van der Waals surface area contributed by atoms with E-state index in [0.717, 1.165) is 5.56 Å². The van der Waals surface area contributed by atoms with Crippen LogP contribution in [-0.4, -0.2) is 18.0 Å². The molecule has 0 aliphatic heterocycles. The van der Waals surface area contributed by atoms with Crippen LogP contribution in [0.2, 0.25) is 0 Å². The monoisotopic (exact) mass is 256 g/mol. The van der Waals surface area contributed by atoms with Crippen molar-refractivity contribution in [2.75, 3.05) is 5.32 Å². The minimum absolute atomic E-state index is 0.110. The fourth-order valence-corrected chi connectivity index (χ4v) is 2.54. The first kappa shape index (κ1) is 11.2. The number of nitrogens with one attached hydrogen (secondary N) is 1. The Morgan fingerprint density at radius 2 is 2.39 bits per heavy atom. The molecule has 88 valence electrons. The number of benzene rings is 1. The summed E-state index contributed by atoms with van der Waals surface area (Å²) in [4.78, 5) is 11.8. The Balaban J connectivity index is 1.73. The van der Waals surface area contributed by atoms with Gasteiger partial charge in [0.25, 0.3) is 0 Å². The molecule has 0 fully saturated rings. The summed E-state index contributed by atoms with van der Waals surface area (Å²) >= 11 is 1.69. The summed E-state index contributed by atoms with van der Waals surface area (Å²) < 4.78 is 6.05. The molecular weight excluding hydrogens is 247 g/mol. The van der Waals surface area contributed by atoms with Crippen LogP contribution in [0.15, 0.2) is 40.3 Å². The fourth-order valence-electron chi connectivity index (χ4n) is 1.77. The van der Waals surface area contributed by atoms with Crippen molar-refractivity contribution in [1.29, 1.82) is 0 Å². The first-order valence-electron chi connectivity index (χ1n) is 5.48. The number of fused-ring (bicyclic) bond motifs is 1. The quantitative estimate of drug-likeness (QED) is 0.782. The zero-order chi connectivity index (χ0) is 12.4. The Kier molecular flexibility index (Phi) is 2.94. The molecule has 4 nitrogen and oxygen atoms in total. The predicted molar refractivity (Wildman–Crippen MR) is 72.0 cm³/mol. The molecule has 1 N–H and O–H groups in total.